The van der Waals surface area contributed by atoms with Gasteiger partial charge < -0.3 is 4.74 Å². The lowest BCUT2D eigenvalue weighted by atomic mass is 10.1. The predicted octanol–water partition coefficient (Wildman–Crippen LogP) is 1.45. The number of fused-ring (bicyclic) bond motifs is 1. The number of nitrogens with one attached hydrogen (secondary N) is 1. The van der Waals surface area contributed by atoms with Crippen LogP contribution < -0.4 is 11.0 Å². The standard InChI is InChI=1S/C18H19N5O3/c1-11-5-6-13(8-12(11)2)23-16-14(9-20-23)18(25)22(10-19-16)21-17(24)15-4-3-7-26-15/h5-6,8-10,15H,3-4,7H2,1-2H3,(H,21,24)/t15-/m1/s1. The minimum atomic E-state index is -0.518. The fourth-order valence-corrected chi connectivity index (χ4v) is 3.01. The summed E-state index contributed by atoms with van der Waals surface area (Å²) in [6.45, 7) is 4.62. The lowest BCUT2D eigenvalue weighted by Gasteiger charge is -2.12. The van der Waals surface area contributed by atoms with Gasteiger partial charge in [0.15, 0.2) is 5.65 Å². The first-order valence-electron chi connectivity index (χ1n) is 8.50. The quantitative estimate of drug-likeness (QED) is 0.769. The van der Waals surface area contributed by atoms with Crippen LogP contribution in [-0.4, -0.2) is 38.1 Å². The van der Waals surface area contributed by atoms with Crippen molar-refractivity contribution in [2.75, 3.05) is 12.0 Å². The van der Waals surface area contributed by atoms with Gasteiger partial charge in [0.25, 0.3) is 11.5 Å². The molecule has 8 nitrogen and oxygen atoms in total. The highest BCUT2D eigenvalue weighted by Crippen LogP contribution is 2.17. The zero-order chi connectivity index (χ0) is 18.3. The third-order valence-corrected chi connectivity index (χ3v) is 4.68. The minimum Gasteiger partial charge on any atom is -0.368 e. The van der Waals surface area contributed by atoms with Crippen molar-refractivity contribution >= 4 is 16.9 Å². The molecule has 3 aromatic rings. The normalized spacial score (nSPS) is 16.9. The Morgan fingerprint density at radius 3 is 2.88 bits per heavy atom. The lowest BCUT2D eigenvalue weighted by Crippen LogP contribution is -2.38. The summed E-state index contributed by atoms with van der Waals surface area (Å²) in [6, 6.07) is 5.93. The van der Waals surface area contributed by atoms with Gasteiger partial charge in [-0.1, -0.05) is 6.07 Å². The molecule has 4 rings (SSSR count). The first-order valence-corrected chi connectivity index (χ1v) is 8.50. The summed E-state index contributed by atoms with van der Waals surface area (Å²) in [5, 5.41) is 4.63. The van der Waals surface area contributed by atoms with E-state index >= 15 is 0 Å². The molecule has 3 heterocycles. The van der Waals surface area contributed by atoms with E-state index in [1.54, 1.807) is 4.68 Å². The summed E-state index contributed by atoms with van der Waals surface area (Å²) >= 11 is 0. The van der Waals surface area contributed by atoms with E-state index in [9.17, 15) is 9.59 Å². The monoisotopic (exact) mass is 353 g/mol. The van der Waals surface area contributed by atoms with Crippen molar-refractivity contribution in [3.8, 4) is 5.69 Å². The van der Waals surface area contributed by atoms with Crippen molar-refractivity contribution < 1.29 is 9.53 Å². The van der Waals surface area contributed by atoms with Crippen molar-refractivity contribution in [3.05, 3.63) is 52.2 Å². The molecule has 134 valence electrons. The number of aromatic nitrogens is 4. The number of nitrogens with zero attached hydrogens (tertiary/aromatic N) is 4. The van der Waals surface area contributed by atoms with Crippen LogP contribution in [0.2, 0.25) is 0 Å². The van der Waals surface area contributed by atoms with Crippen LogP contribution in [-0.2, 0) is 9.53 Å². The van der Waals surface area contributed by atoms with E-state index in [2.05, 4.69) is 15.5 Å². The molecule has 0 bridgehead atoms. The van der Waals surface area contributed by atoms with Gasteiger partial charge in [-0.3, -0.25) is 15.0 Å². The third kappa shape index (κ3) is 2.78. The molecule has 2 aromatic heterocycles. The Morgan fingerprint density at radius 2 is 2.15 bits per heavy atom. The number of aryl methyl sites for hydroxylation is 2. The number of rotatable bonds is 3. The molecule has 1 aliphatic heterocycles. The molecule has 1 amide bonds. The summed E-state index contributed by atoms with van der Waals surface area (Å²) < 4.78 is 8.04. The van der Waals surface area contributed by atoms with Gasteiger partial charge in [0.05, 0.1) is 11.9 Å². The van der Waals surface area contributed by atoms with E-state index in [0.717, 1.165) is 22.3 Å². The van der Waals surface area contributed by atoms with Crippen LogP contribution in [0.15, 0.2) is 35.5 Å². The minimum absolute atomic E-state index is 0.332. The SMILES string of the molecule is Cc1ccc(-n2ncc3c(=O)n(NC(=O)[C@H]4CCCO4)cnc32)cc1C. The smallest absolute Gasteiger partial charge is 0.283 e. The highest BCUT2D eigenvalue weighted by molar-refractivity contribution is 5.88. The highest BCUT2D eigenvalue weighted by Gasteiger charge is 2.24. The predicted molar refractivity (Wildman–Crippen MR) is 95.9 cm³/mol. The first kappa shape index (κ1) is 16.5. The van der Waals surface area contributed by atoms with E-state index in [1.807, 2.05) is 32.0 Å². The number of benzene rings is 1. The van der Waals surface area contributed by atoms with Crippen molar-refractivity contribution in [2.24, 2.45) is 0 Å². The van der Waals surface area contributed by atoms with Crippen molar-refractivity contribution in [1.82, 2.24) is 19.4 Å². The van der Waals surface area contributed by atoms with Gasteiger partial charge in [0, 0.05) is 6.61 Å². The number of carbonyl (C=O) groups is 1. The number of ether oxygens (including phenoxy) is 1. The Kier molecular flexibility index (Phi) is 4.04. The Morgan fingerprint density at radius 1 is 1.31 bits per heavy atom. The average molecular weight is 353 g/mol. The maximum Gasteiger partial charge on any atom is 0.283 e. The molecule has 0 aliphatic carbocycles. The van der Waals surface area contributed by atoms with Gasteiger partial charge in [-0.25, -0.2) is 14.3 Å². The molecule has 0 unspecified atom stereocenters. The van der Waals surface area contributed by atoms with Crippen LogP contribution in [0.5, 0.6) is 0 Å². The molecule has 0 radical (unpaired) electrons. The zero-order valence-electron chi connectivity index (χ0n) is 14.6. The van der Waals surface area contributed by atoms with Gasteiger partial charge in [-0.05, 0) is 49.9 Å². The Bertz CT molecular complexity index is 1050. The van der Waals surface area contributed by atoms with E-state index in [4.69, 9.17) is 4.74 Å². The fraction of sp³-hybridized carbons (Fsp3) is 0.333. The van der Waals surface area contributed by atoms with E-state index in [-0.39, 0.29) is 11.5 Å². The van der Waals surface area contributed by atoms with Crippen LogP contribution in [0.3, 0.4) is 0 Å². The molecule has 1 fully saturated rings. The third-order valence-electron chi connectivity index (χ3n) is 4.68. The topological polar surface area (TPSA) is 91.0 Å². The lowest BCUT2D eigenvalue weighted by molar-refractivity contribution is -0.125. The van der Waals surface area contributed by atoms with Crippen LogP contribution in [0.25, 0.3) is 16.7 Å². The Hall–Kier alpha value is -3.00. The molecular weight excluding hydrogens is 334 g/mol. The van der Waals surface area contributed by atoms with Crippen molar-refractivity contribution in [1.29, 1.82) is 0 Å². The van der Waals surface area contributed by atoms with E-state index in [1.165, 1.54) is 18.1 Å². The summed E-state index contributed by atoms with van der Waals surface area (Å²) in [5.41, 5.74) is 5.75. The van der Waals surface area contributed by atoms with Gasteiger partial charge >= 0.3 is 0 Å². The maximum atomic E-state index is 12.7. The summed E-state index contributed by atoms with van der Waals surface area (Å²) in [7, 11) is 0. The molecule has 1 aromatic carbocycles. The molecular formula is C18H19N5O3. The molecule has 26 heavy (non-hydrogen) atoms. The number of hydrogen-bond donors (Lipinski definition) is 1. The largest absolute Gasteiger partial charge is 0.368 e. The number of hydrogen-bond acceptors (Lipinski definition) is 5. The van der Waals surface area contributed by atoms with Crippen LogP contribution in [0.1, 0.15) is 24.0 Å². The van der Waals surface area contributed by atoms with Gasteiger partial charge in [0.2, 0.25) is 0 Å². The molecule has 1 atom stereocenters. The molecule has 1 saturated heterocycles. The van der Waals surface area contributed by atoms with Gasteiger partial charge in [-0.15, -0.1) is 0 Å². The zero-order valence-corrected chi connectivity index (χ0v) is 14.6. The van der Waals surface area contributed by atoms with Gasteiger partial charge in [0.1, 0.15) is 17.8 Å². The summed E-state index contributed by atoms with van der Waals surface area (Å²) in [6.07, 6.45) is 3.75. The van der Waals surface area contributed by atoms with E-state index < -0.39 is 6.10 Å². The molecule has 8 heteroatoms. The van der Waals surface area contributed by atoms with Crippen LogP contribution >= 0.6 is 0 Å². The molecule has 0 saturated carbocycles. The van der Waals surface area contributed by atoms with Crippen LogP contribution in [0.4, 0.5) is 0 Å². The second-order valence-corrected chi connectivity index (χ2v) is 6.46. The van der Waals surface area contributed by atoms with Crippen LogP contribution in [0, 0.1) is 13.8 Å². The van der Waals surface area contributed by atoms with Gasteiger partial charge in [-0.2, -0.15) is 5.10 Å². The molecule has 1 aliphatic rings. The summed E-state index contributed by atoms with van der Waals surface area (Å²) in [4.78, 5) is 29.1. The second-order valence-electron chi connectivity index (χ2n) is 6.46. The average Bonchev–Trinajstić information content (AvgIpc) is 3.29. The maximum absolute atomic E-state index is 12.7. The first-order chi connectivity index (χ1) is 12.5. The molecule has 0 spiro atoms. The Labute approximate surface area is 149 Å². The molecule has 1 N–H and O–H groups in total. The van der Waals surface area contributed by atoms with Crippen molar-refractivity contribution in [2.45, 2.75) is 32.8 Å². The fourth-order valence-electron chi connectivity index (χ4n) is 3.01. The highest BCUT2D eigenvalue weighted by atomic mass is 16.5. The van der Waals surface area contributed by atoms with Crippen molar-refractivity contribution in [3.63, 3.8) is 0 Å². The number of carbonyl (C=O) groups excluding carboxylic acids is 1. The second kappa shape index (κ2) is 6.38. The number of amides is 1. The Balaban J connectivity index is 1.70. The van der Waals surface area contributed by atoms with E-state index in [0.29, 0.717) is 24.1 Å². The summed E-state index contributed by atoms with van der Waals surface area (Å²) in [5.74, 6) is -0.340.